The van der Waals surface area contributed by atoms with Gasteiger partial charge in [-0.2, -0.15) is 0 Å². The Bertz CT molecular complexity index is 335. The molecule has 0 saturated carbocycles. The molecule has 2 heterocycles. The minimum Gasteiger partial charge on any atom is -0.493 e. The van der Waals surface area contributed by atoms with Gasteiger partial charge in [-0.05, 0) is 18.6 Å². The topological polar surface area (TPSA) is 37.4 Å². The fourth-order valence-electron chi connectivity index (χ4n) is 1.88. The first-order valence-electron chi connectivity index (χ1n) is 5.28. The van der Waals surface area contributed by atoms with Crippen LogP contribution in [0.25, 0.3) is 0 Å². The second-order valence-corrected chi connectivity index (χ2v) is 3.72. The Hall–Kier alpha value is -1.29. The second-order valence-electron chi connectivity index (χ2n) is 3.72. The molecule has 0 amide bonds. The van der Waals surface area contributed by atoms with Crippen LogP contribution in [0, 0.1) is 6.92 Å². The average molecular weight is 207 g/mol. The molecule has 1 saturated heterocycles. The van der Waals surface area contributed by atoms with E-state index in [1.165, 1.54) is 0 Å². The van der Waals surface area contributed by atoms with Crippen molar-refractivity contribution in [3.63, 3.8) is 0 Å². The van der Waals surface area contributed by atoms with Crippen LogP contribution in [-0.2, 0) is 0 Å². The number of piperazine rings is 1. The number of aryl methyl sites for hydroxylation is 1. The molecule has 1 aromatic rings. The predicted octanol–water partition coefficient (Wildman–Crippen LogP) is 0.808. The first-order valence-corrected chi connectivity index (χ1v) is 5.28. The van der Waals surface area contributed by atoms with Gasteiger partial charge >= 0.3 is 0 Å². The molecule has 0 aromatic carbocycles. The number of rotatable bonds is 2. The van der Waals surface area contributed by atoms with Gasteiger partial charge in [0.15, 0.2) is 11.6 Å². The van der Waals surface area contributed by atoms with Crippen molar-refractivity contribution < 1.29 is 4.74 Å². The van der Waals surface area contributed by atoms with Crippen LogP contribution < -0.4 is 15.0 Å². The number of methoxy groups -OCH3 is 1. The lowest BCUT2D eigenvalue weighted by molar-refractivity contribution is 0.407. The van der Waals surface area contributed by atoms with Crippen LogP contribution in [0.5, 0.6) is 5.75 Å². The zero-order valence-corrected chi connectivity index (χ0v) is 9.29. The van der Waals surface area contributed by atoms with E-state index < -0.39 is 0 Å². The number of aromatic nitrogens is 1. The largest absolute Gasteiger partial charge is 0.493 e. The summed E-state index contributed by atoms with van der Waals surface area (Å²) in [6, 6.07) is 1.98. The van der Waals surface area contributed by atoms with Gasteiger partial charge in [-0.1, -0.05) is 0 Å². The number of pyridine rings is 1. The number of nitrogens with zero attached hydrogens (tertiary/aromatic N) is 2. The fraction of sp³-hybridized carbons (Fsp3) is 0.545. The Morgan fingerprint density at radius 3 is 2.80 bits per heavy atom. The highest BCUT2D eigenvalue weighted by Gasteiger charge is 2.16. The van der Waals surface area contributed by atoms with Crippen LogP contribution in [0.1, 0.15) is 5.56 Å². The molecule has 4 nitrogen and oxygen atoms in total. The molecular formula is C11H17N3O. The molecule has 2 rings (SSSR count). The number of hydrogen-bond donors (Lipinski definition) is 1. The predicted molar refractivity (Wildman–Crippen MR) is 60.6 cm³/mol. The van der Waals surface area contributed by atoms with E-state index in [0.29, 0.717) is 0 Å². The standard InChI is InChI=1S/C11H17N3O/c1-9-3-4-13-11(10(9)15-2)14-7-5-12-6-8-14/h3-4,12H,5-8H2,1-2H3. The first kappa shape index (κ1) is 10.2. The van der Waals surface area contributed by atoms with Gasteiger partial charge in [-0.25, -0.2) is 4.98 Å². The second kappa shape index (κ2) is 4.49. The van der Waals surface area contributed by atoms with E-state index in [1.54, 1.807) is 7.11 Å². The number of anilines is 1. The van der Waals surface area contributed by atoms with E-state index in [0.717, 1.165) is 43.3 Å². The maximum Gasteiger partial charge on any atom is 0.171 e. The molecule has 0 atom stereocenters. The monoisotopic (exact) mass is 207 g/mol. The summed E-state index contributed by atoms with van der Waals surface area (Å²) < 4.78 is 5.40. The molecule has 0 bridgehead atoms. The zero-order valence-electron chi connectivity index (χ0n) is 9.29. The van der Waals surface area contributed by atoms with Gasteiger partial charge in [0.2, 0.25) is 0 Å². The van der Waals surface area contributed by atoms with Gasteiger partial charge in [0.05, 0.1) is 7.11 Å². The van der Waals surface area contributed by atoms with E-state index in [1.807, 2.05) is 19.2 Å². The highest BCUT2D eigenvalue weighted by molar-refractivity contribution is 5.56. The van der Waals surface area contributed by atoms with Gasteiger partial charge in [-0.3, -0.25) is 0 Å². The van der Waals surface area contributed by atoms with Gasteiger partial charge < -0.3 is 15.0 Å². The molecule has 1 aliphatic rings. The van der Waals surface area contributed by atoms with Gasteiger partial charge in [0, 0.05) is 32.4 Å². The minimum atomic E-state index is 0.902. The third-order valence-corrected chi connectivity index (χ3v) is 2.70. The van der Waals surface area contributed by atoms with E-state index in [-0.39, 0.29) is 0 Å². The zero-order chi connectivity index (χ0) is 10.7. The molecule has 1 N–H and O–H groups in total. The van der Waals surface area contributed by atoms with E-state index in [2.05, 4.69) is 15.2 Å². The number of hydrogen-bond acceptors (Lipinski definition) is 4. The Kier molecular flexibility index (Phi) is 3.06. The molecule has 15 heavy (non-hydrogen) atoms. The molecule has 1 aromatic heterocycles. The number of nitrogens with one attached hydrogen (secondary N) is 1. The SMILES string of the molecule is COc1c(C)ccnc1N1CCNCC1. The van der Waals surface area contributed by atoms with E-state index in [4.69, 9.17) is 4.74 Å². The molecule has 0 aliphatic carbocycles. The average Bonchev–Trinajstić information content (AvgIpc) is 2.30. The highest BCUT2D eigenvalue weighted by atomic mass is 16.5. The first-order chi connectivity index (χ1) is 7.33. The summed E-state index contributed by atoms with van der Waals surface area (Å²) in [5, 5.41) is 3.33. The van der Waals surface area contributed by atoms with Crippen molar-refractivity contribution in [2.24, 2.45) is 0 Å². The Labute approximate surface area is 90.3 Å². The molecule has 0 spiro atoms. The summed E-state index contributed by atoms with van der Waals surface area (Å²) in [5.74, 6) is 1.87. The molecular weight excluding hydrogens is 190 g/mol. The third kappa shape index (κ3) is 2.04. The molecule has 0 radical (unpaired) electrons. The summed E-state index contributed by atoms with van der Waals surface area (Å²) in [6.45, 7) is 6.06. The number of ether oxygens (including phenoxy) is 1. The Morgan fingerprint density at radius 2 is 2.13 bits per heavy atom. The van der Waals surface area contributed by atoms with Crippen LogP contribution in [0.4, 0.5) is 5.82 Å². The summed E-state index contributed by atoms with van der Waals surface area (Å²) in [5.41, 5.74) is 1.14. The van der Waals surface area contributed by atoms with Crippen LogP contribution >= 0.6 is 0 Å². The molecule has 4 heteroatoms. The van der Waals surface area contributed by atoms with Crippen LogP contribution in [0.15, 0.2) is 12.3 Å². The molecule has 1 aliphatic heterocycles. The normalized spacial score (nSPS) is 16.5. The van der Waals surface area contributed by atoms with Crippen molar-refractivity contribution in [3.05, 3.63) is 17.8 Å². The quantitative estimate of drug-likeness (QED) is 0.778. The fourth-order valence-corrected chi connectivity index (χ4v) is 1.88. The van der Waals surface area contributed by atoms with Crippen molar-refractivity contribution in [1.29, 1.82) is 0 Å². The van der Waals surface area contributed by atoms with Crippen LogP contribution in [-0.4, -0.2) is 38.3 Å². The summed E-state index contributed by atoms with van der Waals surface area (Å²) in [7, 11) is 1.70. The van der Waals surface area contributed by atoms with Crippen LogP contribution in [0.3, 0.4) is 0 Å². The third-order valence-electron chi connectivity index (χ3n) is 2.70. The van der Waals surface area contributed by atoms with Gasteiger partial charge in [0.1, 0.15) is 0 Å². The molecule has 82 valence electrons. The van der Waals surface area contributed by atoms with E-state index in [9.17, 15) is 0 Å². The van der Waals surface area contributed by atoms with Crippen molar-refractivity contribution in [3.8, 4) is 5.75 Å². The van der Waals surface area contributed by atoms with Gasteiger partial charge in [0.25, 0.3) is 0 Å². The minimum absolute atomic E-state index is 0.902. The van der Waals surface area contributed by atoms with E-state index >= 15 is 0 Å². The van der Waals surface area contributed by atoms with Gasteiger partial charge in [-0.15, -0.1) is 0 Å². The Morgan fingerprint density at radius 1 is 1.40 bits per heavy atom. The lowest BCUT2D eigenvalue weighted by Gasteiger charge is -2.29. The van der Waals surface area contributed by atoms with Crippen molar-refractivity contribution >= 4 is 5.82 Å². The summed E-state index contributed by atoms with van der Waals surface area (Å²) in [6.07, 6.45) is 1.84. The van der Waals surface area contributed by atoms with Crippen molar-refractivity contribution in [2.75, 3.05) is 38.2 Å². The highest BCUT2D eigenvalue weighted by Crippen LogP contribution is 2.28. The maximum absolute atomic E-state index is 5.40. The maximum atomic E-state index is 5.40. The van der Waals surface area contributed by atoms with Crippen LogP contribution in [0.2, 0.25) is 0 Å². The summed E-state index contributed by atoms with van der Waals surface area (Å²) >= 11 is 0. The smallest absolute Gasteiger partial charge is 0.171 e. The molecule has 1 fully saturated rings. The lowest BCUT2D eigenvalue weighted by atomic mass is 10.2. The van der Waals surface area contributed by atoms with Crippen molar-refractivity contribution in [1.82, 2.24) is 10.3 Å². The summed E-state index contributed by atoms with van der Waals surface area (Å²) in [4.78, 5) is 6.67. The molecule has 0 unspecified atom stereocenters. The Balaban J connectivity index is 2.29. The lowest BCUT2D eigenvalue weighted by Crippen LogP contribution is -2.44. The van der Waals surface area contributed by atoms with Crippen molar-refractivity contribution in [2.45, 2.75) is 6.92 Å².